The van der Waals surface area contributed by atoms with Gasteiger partial charge in [0.05, 0.1) is 19.8 Å². The van der Waals surface area contributed by atoms with E-state index in [1.165, 1.54) is 32.2 Å². The molecule has 3 saturated heterocycles. The molecule has 0 saturated carbocycles. The Kier molecular flexibility index (Phi) is 10.1. The van der Waals surface area contributed by atoms with Crippen molar-refractivity contribution >= 4 is 29.9 Å². The van der Waals surface area contributed by atoms with E-state index in [1.807, 2.05) is 0 Å². The summed E-state index contributed by atoms with van der Waals surface area (Å²) in [6.07, 6.45) is 5.30. The van der Waals surface area contributed by atoms with E-state index in [1.54, 1.807) is 0 Å². The number of hydrogen-bond acceptors (Lipinski definition) is 4. The zero-order chi connectivity index (χ0) is 18.4. The van der Waals surface area contributed by atoms with Crippen LogP contribution in [0.25, 0.3) is 0 Å². The third-order valence-electron chi connectivity index (χ3n) is 6.29. The minimum atomic E-state index is 0. The molecule has 0 aromatic carbocycles. The summed E-state index contributed by atoms with van der Waals surface area (Å²) in [6.45, 7) is 16.1. The first kappa shape index (κ1) is 23.2. The summed E-state index contributed by atoms with van der Waals surface area (Å²) in [5, 5.41) is 3.53. The normalized spacial score (nSPS) is 29.4. The van der Waals surface area contributed by atoms with Gasteiger partial charge in [-0.1, -0.05) is 6.42 Å². The van der Waals surface area contributed by atoms with Crippen LogP contribution in [0, 0.1) is 0 Å². The van der Waals surface area contributed by atoms with Gasteiger partial charge in [-0.15, -0.1) is 24.0 Å². The molecular weight excluding hydrogens is 453 g/mol. The molecule has 27 heavy (non-hydrogen) atoms. The van der Waals surface area contributed by atoms with E-state index in [2.05, 4.69) is 40.8 Å². The van der Waals surface area contributed by atoms with Crippen LogP contribution in [0.15, 0.2) is 4.99 Å². The first-order chi connectivity index (χ1) is 12.7. The molecule has 0 radical (unpaired) electrons. The maximum atomic E-state index is 5.51. The number of nitrogens with one attached hydrogen (secondary N) is 1. The lowest BCUT2D eigenvalue weighted by molar-refractivity contribution is 0.0195. The van der Waals surface area contributed by atoms with E-state index >= 15 is 0 Å². The SMILES string of the molecule is CCNC(=NCC(C)N1CCCCC1C)N1CCC(N2CCOCC2)C1.I. The fourth-order valence-corrected chi connectivity index (χ4v) is 4.70. The molecule has 3 unspecified atom stereocenters. The summed E-state index contributed by atoms with van der Waals surface area (Å²) in [7, 11) is 0. The van der Waals surface area contributed by atoms with Crippen molar-refractivity contribution < 1.29 is 4.74 Å². The van der Waals surface area contributed by atoms with Crippen LogP contribution in [0.2, 0.25) is 0 Å². The standard InChI is InChI=1S/C20H39N5O.HI/c1-4-21-20(22-15-18(3)25-9-6-5-7-17(25)2)24-10-8-19(16-24)23-11-13-26-14-12-23;/h17-19H,4-16H2,1-3H3,(H,21,22);1H. The monoisotopic (exact) mass is 493 g/mol. The van der Waals surface area contributed by atoms with Gasteiger partial charge in [0.2, 0.25) is 0 Å². The van der Waals surface area contributed by atoms with Gasteiger partial charge in [-0.25, -0.2) is 0 Å². The summed E-state index contributed by atoms with van der Waals surface area (Å²) in [5.74, 6) is 1.11. The van der Waals surface area contributed by atoms with Crippen molar-refractivity contribution in [1.29, 1.82) is 0 Å². The van der Waals surface area contributed by atoms with E-state index < -0.39 is 0 Å². The molecule has 3 rings (SSSR count). The molecule has 0 aromatic heterocycles. The molecule has 0 bridgehead atoms. The molecular formula is C20H40IN5O. The maximum absolute atomic E-state index is 5.51. The Morgan fingerprint density at radius 2 is 1.93 bits per heavy atom. The first-order valence-electron chi connectivity index (χ1n) is 10.8. The number of nitrogens with zero attached hydrogens (tertiary/aromatic N) is 4. The van der Waals surface area contributed by atoms with E-state index in [9.17, 15) is 0 Å². The number of halogens is 1. The van der Waals surface area contributed by atoms with Gasteiger partial charge in [-0.3, -0.25) is 14.8 Å². The minimum absolute atomic E-state index is 0. The van der Waals surface area contributed by atoms with Gasteiger partial charge in [-0.2, -0.15) is 0 Å². The molecule has 3 aliphatic heterocycles. The lowest BCUT2D eigenvalue weighted by Crippen LogP contribution is -2.47. The summed E-state index contributed by atoms with van der Waals surface area (Å²) in [5.41, 5.74) is 0. The molecule has 3 atom stereocenters. The molecule has 0 aromatic rings. The van der Waals surface area contributed by atoms with Gasteiger partial charge in [0.25, 0.3) is 0 Å². The molecule has 3 aliphatic rings. The van der Waals surface area contributed by atoms with Crippen molar-refractivity contribution in [1.82, 2.24) is 20.0 Å². The fourth-order valence-electron chi connectivity index (χ4n) is 4.70. The van der Waals surface area contributed by atoms with Crippen LogP contribution in [-0.4, -0.2) is 97.8 Å². The number of guanidine groups is 1. The topological polar surface area (TPSA) is 43.3 Å². The van der Waals surface area contributed by atoms with Crippen molar-refractivity contribution in [2.45, 2.75) is 64.6 Å². The second-order valence-corrected chi connectivity index (χ2v) is 8.16. The Hall–Kier alpha value is -0.120. The predicted octanol–water partition coefficient (Wildman–Crippen LogP) is 2.24. The zero-order valence-electron chi connectivity index (χ0n) is 17.5. The van der Waals surface area contributed by atoms with Crippen LogP contribution in [0.5, 0.6) is 0 Å². The molecule has 0 spiro atoms. The first-order valence-corrected chi connectivity index (χ1v) is 10.8. The van der Waals surface area contributed by atoms with Crippen molar-refractivity contribution in [3.63, 3.8) is 0 Å². The van der Waals surface area contributed by atoms with E-state index in [4.69, 9.17) is 9.73 Å². The highest BCUT2D eigenvalue weighted by atomic mass is 127. The van der Waals surface area contributed by atoms with Gasteiger partial charge in [0.15, 0.2) is 5.96 Å². The van der Waals surface area contributed by atoms with Crippen LogP contribution < -0.4 is 5.32 Å². The number of aliphatic imine (C=N–C) groups is 1. The second-order valence-electron chi connectivity index (χ2n) is 8.16. The number of ether oxygens (including phenoxy) is 1. The molecule has 3 fully saturated rings. The van der Waals surface area contributed by atoms with Gasteiger partial charge >= 0.3 is 0 Å². The van der Waals surface area contributed by atoms with Crippen molar-refractivity contribution in [3.05, 3.63) is 0 Å². The quantitative estimate of drug-likeness (QED) is 0.362. The number of piperidine rings is 1. The highest BCUT2D eigenvalue weighted by molar-refractivity contribution is 14.0. The second kappa shape index (κ2) is 11.8. The molecule has 1 N–H and O–H groups in total. The molecule has 0 amide bonds. The smallest absolute Gasteiger partial charge is 0.194 e. The van der Waals surface area contributed by atoms with E-state index in [0.29, 0.717) is 18.1 Å². The van der Waals surface area contributed by atoms with Gasteiger partial charge < -0.3 is 15.0 Å². The average Bonchev–Trinajstić information content (AvgIpc) is 3.16. The average molecular weight is 493 g/mol. The number of rotatable bonds is 5. The number of likely N-dealkylation sites (tertiary alicyclic amines) is 2. The minimum Gasteiger partial charge on any atom is -0.379 e. The zero-order valence-corrected chi connectivity index (χ0v) is 19.9. The highest BCUT2D eigenvalue weighted by Gasteiger charge is 2.30. The fraction of sp³-hybridized carbons (Fsp3) is 0.950. The van der Waals surface area contributed by atoms with Gasteiger partial charge in [0.1, 0.15) is 0 Å². The van der Waals surface area contributed by atoms with Crippen LogP contribution in [0.3, 0.4) is 0 Å². The maximum Gasteiger partial charge on any atom is 0.194 e. The molecule has 6 nitrogen and oxygen atoms in total. The Balaban J connectivity index is 0.00000261. The van der Waals surface area contributed by atoms with Crippen LogP contribution in [0.1, 0.15) is 46.5 Å². The third-order valence-corrected chi connectivity index (χ3v) is 6.29. The van der Waals surface area contributed by atoms with Crippen LogP contribution >= 0.6 is 24.0 Å². The Labute approximate surface area is 183 Å². The largest absolute Gasteiger partial charge is 0.379 e. The van der Waals surface area contributed by atoms with Crippen molar-refractivity contribution in [2.24, 2.45) is 4.99 Å². The van der Waals surface area contributed by atoms with Crippen LogP contribution in [0.4, 0.5) is 0 Å². The van der Waals surface area contributed by atoms with Gasteiger partial charge in [0, 0.05) is 50.8 Å². The Morgan fingerprint density at radius 1 is 1.15 bits per heavy atom. The number of morpholine rings is 1. The van der Waals surface area contributed by atoms with Crippen LogP contribution in [-0.2, 0) is 4.74 Å². The predicted molar refractivity (Wildman–Crippen MR) is 123 cm³/mol. The Morgan fingerprint density at radius 3 is 2.63 bits per heavy atom. The summed E-state index contributed by atoms with van der Waals surface area (Å²) >= 11 is 0. The van der Waals surface area contributed by atoms with Crippen molar-refractivity contribution in [3.8, 4) is 0 Å². The van der Waals surface area contributed by atoms with E-state index in [-0.39, 0.29) is 24.0 Å². The summed E-state index contributed by atoms with van der Waals surface area (Å²) in [4.78, 5) is 12.8. The molecule has 0 aliphatic carbocycles. The van der Waals surface area contributed by atoms with Crippen molar-refractivity contribution in [2.75, 3.05) is 59.0 Å². The summed E-state index contributed by atoms with van der Waals surface area (Å²) < 4.78 is 5.51. The lowest BCUT2D eigenvalue weighted by Gasteiger charge is -2.37. The third kappa shape index (κ3) is 6.44. The van der Waals surface area contributed by atoms with E-state index in [0.717, 1.165) is 58.4 Å². The highest BCUT2D eigenvalue weighted by Crippen LogP contribution is 2.20. The lowest BCUT2D eigenvalue weighted by atomic mass is 10.0. The molecule has 158 valence electrons. The van der Waals surface area contributed by atoms with Gasteiger partial charge in [-0.05, 0) is 46.6 Å². The summed E-state index contributed by atoms with van der Waals surface area (Å²) in [6, 6.07) is 1.88. The molecule has 7 heteroatoms. The molecule has 3 heterocycles. The number of hydrogen-bond donors (Lipinski definition) is 1. The Bertz CT molecular complexity index is 458.